The quantitative estimate of drug-likeness (QED) is 0.0273. The van der Waals surface area contributed by atoms with E-state index in [-0.39, 0.29) is 38.6 Å². The second kappa shape index (κ2) is 34.3. The number of phosphoric acid groups is 1. The van der Waals surface area contributed by atoms with Crippen molar-refractivity contribution in [3.05, 3.63) is 12.7 Å². The molecule has 0 rings (SSSR count). The van der Waals surface area contributed by atoms with Crippen molar-refractivity contribution in [2.24, 2.45) is 0 Å². The van der Waals surface area contributed by atoms with Crippen LogP contribution in [-0.4, -0.2) is 73.7 Å². The monoisotopic (exact) mass is 790 g/mol. The van der Waals surface area contributed by atoms with Gasteiger partial charge in [0.1, 0.15) is 11.6 Å². The van der Waals surface area contributed by atoms with Gasteiger partial charge in [-0.2, -0.15) is 0 Å². The fourth-order valence-electron chi connectivity index (χ4n) is 5.77. The van der Waals surface area contributed by atoms with Crippen molar-refractivity contribution in [1.82, 2.24) is 16.0 Å². The third-order valence-electron chi connectivity index (χ3n) is 8.85. The number of aliphatic hydroxyl groups is 1. The zero-order valence-corrected chi connectivity index (χ0v) is 35.8. The number of aliphatic hydroxyl groups excluding tert-OH is 1. The molecule has 0 radical (unpaired) electrons. The van der Waals surface area contributed by atoms with Crippen molar-refractivity contribution in [3.8, 4) is 0 Å². The predicted molar refractivity (Wildman–Crippen MR) is 218 cm³/mol. The van der Waals surface area contributed by atoms with Crippen LogP contribution < -0.4 is 16.0 Å². The molecule has 12 nitrogen and oxygen atoms in total. The summed E-state index contributed by atoms with van der Waals surface area (Å²) in [7, 11) is -4.23. The van der Waals surface area contributed by atoms with Gasteiger partial charge in [0.15, 0.2) is 0 Å². The van der Waals surface area contributed by atoms with E-state index in [1.54, 1.807) is 20.8 Å². The summed E-state index contributed by atoms with van der Waals surface area (Å²) in [6.45, 7) is 12.5. The van der Waals surface area contributed by atoms with Gasteiger partial charge in [0.25, 0.3) is 0 Å². The summed E-state index contributed by atoms with van der Waals surface area (Å²) < 4.78 is 34.9. The van der Waals surface area contributed by atoms with Crippen LogP contribution in [0.1, 0.15) is 182 Å². The Morgan fingerprint density at radius 2 is 1.22 bits per heavy atom. The molecule has 0 aromatic carbocycles. The topological polar surface area (TPSA) is 162 Å². The lowest BCUT2D eigenvalue weighted by atomic mass is 10.0. The maximum atomic E-state index is 13.4. The molecule has 0 aliphatic carbocycles. The lowest BCUT2D eigenvalue weighted by Crippen LogP contribution is -2.49. The van der Waals surface area contributed by atoms with E-state index in [0.717, 1.165) is 32.1 Å². The molecule has 0 aromatic heterocycles. The highest BCUT2D eigenvalue weighted by atomic mass is 31.2. The molecule has 4 N–H and O–H groups in total. The number of hydrogen-bond donors (Lipinski definition) is 4. The largest absolute Gasteiger partial charge is 0.475 e. The Labute approximate surface area is 329 Å². The molecule has 0 heterocycles. The van der Waals surface area contributed by atoms with Crippen LogP contribution in [0.2, 0.25) is 0 Å². The van der Waals surface area contributed by atoms with E-state index in [9.17, 15) is 24.1 Å². The van der Waals surface area contributed by atoms with Crippen LogP contribution in [0.4, 0.5) is 4.79 Å². The van der Waals surface area contributed by atoms with E-state index < -0.39 is 44.2 Å². The number of carbonyl (C=O) groups is 3. The SMILES string of the molecule is C=CCOP(=O)(OCCNC(=O)OC(C)(C)C)OC[C@H](NC(=O)CCCCCCCCCCC)C(=O)NCCC(O)CCCCCCCCCCCCC. The maximum absolute atomic E-state index is 13.4. The summed E-state index contributed by atoms with van der Waals surface area (Å²) in [6.07, 6.45) is 25.1. The van der Waals surface area contributed by atoms with Gasteiger partial charge in [-0.1, -0.05) is 142 Å². The highest BCUT2D eigenvalue weighted by Gasteiger charge is 2.31. The first-order valence-electron chi connectivity index (χ1n) is 21.2. The number of amides is 3. The van der Waals surface area contributed by atoms with Crippen molar-refractivity contribution < 1.29 is 42.4 Å². The average molecular weight is 790 g/mol. The smallest absolute Gasteiger partial charge is 0.444 e. The molecular formula is C41H80N3O9P. The first-order chi connectivity index (χ1) is 25.9. The second-order valence-corrected chi connectivity index (χ2v) is 17.0. The number of nitrogens with one attached hydrogen (secondary N) is 3. The molecule has 3 amide bonds. The first kappa shape index (κ1) is 52.0. The third-order valence-corrected chi connectivity index (χ3v) is 10.3. The normalized spacial score (nSPS) is 13.8. The highest BCUT2D eigenvalue weighted by molar-refractivity contribution is 7.48. The highest BCUT2D eigenvalue weighted by Crippen LogP contribution is 2.49. The van der Waals surface area contributed by atoms with E-state index in [2.05, 4.69) is 36.4 Å². The van der Waals surface area contributed by atoms with Crippen LogP contribution in [0, 0.1) is 0 Å². The Balaban J connectivity index is 4.97. The molecule has 3 atom stereocenters. The van der Waals surface area contributed by atoms with Crippen LogP contribution in [-0.2, 0) is 32.5 Å². The number of alkyl carbamates (subject to hydrolysis) is 1. The Morgan fingerprint density at radius 3 is 1.74 bits per heavy atom. The van der Waals surface area contributed by atoms with Crippen LogP contribution in [0.15, 0.2) is 12.7 Å². The number of ether oxygens (including phenoxy) is 1. The van der Waals surface area contributed by atoms with Gasteiger partial charge in [0, 0.05) is 19.5 Å². The van der Waals surface area contributed by atoms with Gasteiger partial charge in [-0.3, -0.25) is 23.2 Å². The fraction of sp³-hybridized carbons (Fsp3) is 0.878. The second-order valence-electron chi connectivity index (χ2n) is 15.3. The van der Waals surface area contributed by atoms with E-state index in [1.165, 1.54) is 96.0 Å². The van der Waals surface area contributed by atoms with E-state index >= 15 is 0 Å². The van der Waals surface area contributed by atoms with E-state index in [0.29, 0.717) is 19.3 Å². The molecule has 13 heteroatoms. The molecule has 0 spiro atoms. The molecule has 54 heavy (non-hydrogen) atoms. The lowest BCUT2D eigenvalue weighted by Gasteiger charge is -2.23. The van der Waals surface area contributed by atoms with Crippen molar-refractivity contribution in [1.29, 1.82) is 0 Å². The molecule has 0 aromatic rings. The summed E-state index contributed by atoms with van der Waals surface area (Å²) in [5.41, 5.74) is -0.686. The fourth-order valence-corrected chi connectivity index (χ4v) is 6.92. The summed E-state index contributed by atoms with van der Waals surface area (Å²) in [4.78, 5) is 38.2. The van der Waals surface area contributed by atoms with Gasteiger partial charge in [-0.25, -0.2) is 9.36 Å². The maximum Gasteiger partial charge on any atom is 0.475 e. The Morgan fingerprint density at radius 1 is 0.704 bits per heavy atom. The number of phosphoric ester groups is 1. The van der Waals surface area contributed by atoms with Crippen molar-refractivity contribution in [3.63, 3.8) is 0 Å². The number of hydrogen-bond acceptors (Lipinski definition) is 9. The Hall–Kier alpha value is -1.98. The summed E-state index contributed by atoms with van der Waals surface area (Å²) in [6, 6.07) is -1.18. The van der Waals surface area contributed by atoms with Gasteiger partial charge in [0.2, 0.25) is 11.8 Å². The molecule has 2 unspecified atom stereocenters. The van der Waals surface area contributed by atoms with Gasteiger partial charge >= 0.3 is 13.9 Å². The van der Waals surface area contributed by atoms with Gasteiger partial charge < -0.3 is 25.8 Å². The molecule has 0 aliphatic heterocycles. The minimum absolute atomic E-state index is 0.0410. The number of rotatable bonds is 37. The molecule has 0 saturated heterocycles. The minimum Gasteiger partial charge on any atom is -0.444 e. The van der Waals surface area contributed by atoms with Gasteiger partial charge in [-0.05, 0) is 40.0 Å². The van der Waals surface area contributed by atoms with Crippen LogP contribution in [0.3, 0.4) is 0 Å². The third kappa shape index (κ3) is 33.4. The minimum atomic E-state index is -4.23. The van der Waals surface area contributed by atoms with Crippen LogP contribution in [0.25, 0.3) is 0 Å². The zero-order chi connectivity index (χ0) is 40.3. The Kier molecular flexibility index (Phi) is 33.0. The average Bonchev–Trinajstić information content (AvgIpc) is 3.12. The van der Waals surface area contributed by atoms with E-state index in [4.69, 9.17) is 18.3 Å². The van der Waals surface area contributed by atoms with Crippen molar-refractivity contribution in [2.75, 3.05) is 32.9 Å². The number of carbonyl (C=O) groups excluding carboxylic acids is 3. The molecule has 0 aliphatic rings. The molecule has 318 valence electrons. The summed E-state index contributed by atoms with van der Waals surface area (Å²) in [5, 5.41) is 18.5. The zero-order valence-electron chi connectivity index (χ0n) is 34.9. The van der Waals surface area contributed by atoms with Crippen LogP contribution >= 0.6 is 7.82 Å². The van der Waals surface area contributed by atoms with Crippen molar-refractivity contribution >= 4 is 25.7 Å². The number of unbranched alkanes of at least 4 members (excludes halogenated alkanes) is 18. The van der Waals surface area contributed by atoms with Crippen molar-refractivity contribution in [2.45, 2.75) is 200 Å². The molecule has 0 bridgehead atoms. The van der Waals surface area contributed by atoms with E-state index in [1.807, 2.05) is 0 Å². The molecular weight excluding hydrogens is 709 g/mol. The summed E-state index contributed by atoms with van der Waals surface area (Å²) in [5.74, 6) is -0.846. The first-order valence-corrected chi connectivity index (χ1v) is 22.7. The standard InChI is InChI=1S/C41H80N3O9P/c1-7-10-12-14-16-18-19-21-22-24-26-28-36(45)30-31-42-39(47)37(44-38(46)29-27-25-23-20-17-15-13-11-8-2)35-52-54(49,50-33-9-3)51-34-32-43-40(48)53-41(4,5)6/h9,36-37,45H,3,7-8,10-35H2,1-2,4-6H3,(H,42,47)(H,43,48)(H,44,46)/t36?,37-,54?/m0/s1. The Bertz CT molecular complexity index is 1010. The van der Waals surface area contributed by atoms with Crippen LogP contribution in [0.5, 0.6) is 0 Å². The van der Waals surface area contributed by atoms with Gasteiger partial charge in [0.05, 0.1) is 25.9 Å². The van der Waals surface area contributed by atoms with Gasteiger partial charge in [-0.15, -0.1) is 6.58 Å². The predicted octanol–water partition coefficient (Wildman–Crippen LogP) is 9.83. The molecule has 0 fully saturated rings. The summed E-state index contributed by atoms with van der Waals surface area (Å²) >= 11 is 0. The lowest BCUT2D eigenvalue weighted by molar-refractivity contribution is -0.130. The molecule has 0 saturated carbocycles.